The minimum atomic E-state index is 0.253. The second kappa shape index (κ2) is 6.97. The van der Waals surface area contributed by atoms with Crippen LogP contribution in [0.1, 0.15) is 40.5 Å². The van der Waals surface area contributed by atoms with Crippen molar-refractivity contribution in [3.8, 4) is 0 Å². The Hall–Kier alpha value is -0.600. The van der Waals surface area contributed by atoms with Gasteiger partial charge in [-0.25, -0.2) is 0 Å². The molecule has 0 radical (unpaired) electrons. The zero-order chi connectivity index (χ0) is 12.7. The first-order chi connectivity index (χ1) is 8.12. The quantitative estimate of drug-likeness (QED) is 0.677. The van der Waals surface area contributed by atoms with E-state index in [-0.39, 0.29) is 5.41 Å². The Balaban J connectivity index is 2.57. The second-order valence-electron chi connectivity index (χ2n) is 5.28. The van der Waals surface area contributed by atoms with Gasteiger partial charge in [-0.1, -0.05) is 38.2 Å². The van der Waals surface area contributed by atoms with Crippen molar-refractivity contribution in [1.82, 2.24) is 10.6 Å². The Morgan fingerprint density at radius 1 is 0.882 bits per heavy atom. The van der Waals surface area contributed by atoms with E-state index in [0.29, 0.717) is 12.1 Å². The highest BCUT2D eigenvalue weighted by molar-refractivity contribution is 5.25. The summed E-state index contributed by atoms with van der Waals surface area (Å²) in [7, 11) is 0. The highest BCUT2D eigenvalue weighted by Crippen LogP contribution is 2.36. The molecule has 0 aromatic rings. The maximum atomic E-state index is 3.51. The summed E-state index contributed by atoms with van der Waals surface area (Å²) >= 11 is 0. The number of hydrogen-bond acceptors (Lipinski definition) is 2. The standard InChI is InChI=1S/C15H28N2/c1-5-16-13(3)11-15(9-7-8-10-15)12-14(4)17-6-2/h7-10,13-14,16-17H,5-6,11-12H2,1-4H3. The topological polar surface area (TPSA) is 24.1 Å². The fourth-order valence-corrected chi connectivity index (χ4v) is 2.89. The summed E-state index contributed by atoms with van der Waals surface area (Å²) in [5.74, 6) is 0. The summed E-state index contributed by atoms with van der Waals surface area (Å²) in [6.07, 6.45) is 11.5. The molecule has 0 saturated carbocycles. The van der Waals surface area contributed by atoms with E-state index < -0.39 is 0 Å². The molecule has 17 heavy (non-hydrogen) atoms. The van der Waals surface area contributed by atoms with E-state index in [0.717, 1.165) is 13.1 Å². The van der Waals surface area contributed by atoms with Crippen molar-refractivity contribution in [3.05, 3.63) is 24.3 Å². The van der Waals surface area contributed by atoms with Gasteiger partial charge in [-0.2, -0.15) is 0 Å². The molecule has 2 N–H and O–H groups in total. The average Bonchev–Trinajstić information content (AvgIpc) is 2.66. The Morgan fingerprint density at radius 2 is 1.29 bits per heavy atom. The van der Waals surface area contributed by atoms with E-state index >= 15 is 0 Å². The van der Waals surface area contributed by atoms with Crippen LogP contribution in [0.5, 0.6) is 0 Å². The number of rotatable bonds is 8. The number of nitrogens with one attached hydrogen (secondary N) is 2. The molecule has 2 nitrogen and oxygen atoms in total. The minimum absolute atomic E-state index is 0.253. The maximum Gasteiger partial charge on any atom is 0.00964 e. The fraction of sp³-hybridized carbons (Fsp3) is 0.733. The first-order valence-corrected chi connectivity index (χ1v) is 6.95. The lowest BCUT2D eigenvalue weighted by atomic mass is 9.78. The Kier molecular flexibility index (Phi) is 5.93. The number of hydrogen-bond donors (Lipinski definition) is 2. The smallest absolute Gasteiger partial charge is 0.00964 e. The molecule has 2 atom stereocenters. The van der Waals surface area contributed by atoms with Crippen molar-refractivity contribution in [3.63, 3.8) is 0 Å². The van der Waals surface area contributed by atoms with E-state index in [1.165, 1.54) is 12.8 Å². The zero-order valence-corrected chi connectivity index (χ0v) is 11.8. The summed E-state index contributed by atoms with van der Waals surface area (Å²) in [5.41, 5.74) is 0.253. The molecule has 0 fully saturated rings. The molecular weight excluding hydrogens is 208 g/mol. The molecule has 1 rings (SSSR count). The van der Waals surface area contributed by atoms with E-state index in [9.17, 15) is 0 Å². The SMILES string of the molecule is CCNC(C)CC1(CC(C)NCC)C=CC=C1. The van der Waals surface area contributed by atoms with Crippen LogP contribution < -0.4 is 10.6 Å². The lowest BCUT2D eigenvalue weighted by Gasteiger charge is -2.32. The van der Waals surface area contributed by atoms with Crippen LogP contribution in [0.3, 0.4) is 0 Å². The van der Waals surface area contributed by atoms with Gasteiger partial charge in [-0.05, 0) is 39.8 Å². The Bertz CT molecular complexity index is 240. The third-order valence-corrected chi connectivity index (χ3v) is 3.45. The normalized spacial score (nSPS) is 20.7. The molecule has 0 aromatic heterocycles. The molecule has 0 saturated heterocycles. The molecule has 1 aliphatic carbocycles. The number of allylic oxidation sites excluding steroid dienone is 4. The third kappa shape index (κ3) is 4.64. The maximum absolute atomic E-state index is 3.51. The average molecular weight is 236 g/mol. The Labute approximate surface area is 107 Å². The zero-order valence-electron chi connectivity index (χ0n) is 11.8. The molecule has 0 aliphatic heterocycles. The molecular formula is C15H28N2. The molecule has 0 bridgehead atoms. The molecule has 2 unspecified atom stereocenters. The van der Waals surface area contributed by atoms with Crippen LogP contribution in [0.4, 0.5) is 0 Å². The molecule has 0 amide bonds. The van der Waals surface area contributed by atoms with Crippen molar-refractivity contribution >= 4 is 0 Å². The summed E-state index contributed by atoms with van der Waals surface area (Å²) in [6.45, 7) is 11.0. The van der Waals surface area contributed by atoms with E-state index in [1.54, 1.807) is 0 Å². The monoisotopic (exact) mass is 236 g/mol. The van der Waals surface area contributed by atoms with Gasteiger partial charge >= 0.3 is 0 Å². The van der Waals surface area contributed by atoms with E-state index in [1.807, 2.05) is 0 Å². The lowest BCUT2D eigenvalue weighted by molar-refractivity contribution is 0.318. The van der Waals surface area contributed by atoms with Gasteiger partial charge in [0, 0.05) is 17.5 Å². The minimum Gasteiger partial charge on any atom is -0.314 e. The van der Waals surface area contributed by atoms with Crippen LogP contribution >= 0.6 is 0 Å². The van der Waals surface area contributed by atoms with Gasteiger partial charge in [-0.15, -0.1) is 0 Å². The van der Waals surface area contributed by atoms with Gasteiger partial charge in [0.15, 0.2) is 0 Å². The van der Waals surface area contributed by atoms with Crippen LogP contribution in [0.25, 0.3) is 0 Å². The first kappa shape index (κ1) is 14.5. The van der Waals surface area contributed by atoms with Gasteiger partial charge in [0.05, 0.1) is 0 Å². The van der Waals surface area contributed by atoms with Crippen LogP contribution in [0.2, 0.25) is 0 Å². The summed E-state index contributed by atoms with van der Waals surface area (Å²) in [4.78, 5) is 0. The van der Waals surface area contributed by atoms with Crippen LogP contribution in [-0.2, 0) is 0 Å². The predicted molar refractivity (Wildman–Crippen MR) is 76.2 cm³/mol. The van der Waals surface area contributed by atoms with Gasteiger partial charge in [0.2, 0.25) is 0 Å². The van der Waals surface area contributed by atoms with Crippen molar-refractivity contribution < 1.29 is 0 Å². The van der Waals surface area contributed by atoms with E-state index in [4.69, 9.17) is 0 Å². The predicted octanol–water partition coefficient (Wildman–Crippen LogP) is 2.88. The lowest BCUT2D eigenvalue weighted by Crippen LogP contribution is -2.36. The van der Waals surface area contributed by atoms with Gasteiger partial charge in [0.25, 0.3) is 0 Å². The van der Waals surface area contributed by atoms with Crippen LogP contribution in [0, 0.1) is 5.41 Å². The highest BCUT2D eigenvalue weighted by atomic mass is 14.9. The second-order valence-corrected chi connectivity index (χ2v) is 5.28. The molecule has 98 valence electrons. The van der Waals surface area contributed by atoms with Gasteiger partial charge in [0.1, 0.15) is 0 Å². The van der Waals surface area contributed by atoms with Crippen molar-refractivity contribution in [2.45, 2.75) is 52.6 Å². The van der Waals surface area contributed by atoms with Crippen molar-refractivity contribution in [2.24, 2.45) is 5.41 Å². The van der Waals surface area contributed by atoms with Gasteiger partial charge in [-0.3, -0.25) is 0 Å². The van der Waals surface area contributed by atoms with Crippen LogP contribution in [-0.4, -0.2) is 25.2 Å². The molecule has 0 heterocycles. The largest absolute Gasteiger partial charge is 0.314 e. The summed E-state index contributed by atoms with van der Waals surface area (Å²) in [5, 5.41) is 7.03. The summed E-state index contributed by atoms with van der Waals surface area (Å²) in [6, 6.07) is 1.14. The molecule has 0 aromatic carbocycles. The molecule has 1 aliphatic rings. The first-order valence-electron chi connectivity index (χ1n) is 6.95. The van der Waals surface area contributed by atoms with Crippen LogP contribution in [0.15, 0.2) is 24.3 Å². The van der Waals surface area contributed by atoms with Crippen molar-refractivity contribution in [1.29, 1.82) is 0 Å². The fourth-order valence-electron chi connectivity index (χ4n) is 2.89. The Morgan fingerprint density at radius 3 is 1.65 bits per heavy atom. The highest BCUT2D eigenvalue weighted by Gasteiger charge is 2.29. The van der Waals surface area contributed by atoms with Gasteiger partial charge < -0.3 is 10.6 Å². The molecule has 2 heteroatoms. The third-order valence-electron chi connectivity index (χ3n) is 3.45. The van der Waals surface area contributed by atoms with E-state index in [2.05, 4.69) is 62.6 Å². The molecule has 0 spiro atoms. The van der Waals surface area contributed by atoms with Crippen molar-refractivity contribution in [2.75, 3.05) is 13.1 Å². The summed E-state index contributed by atoms with van der Waals surface area (Å²) < 4.78 is 0.